The maximum absolute atomic E-state index is 12.9. The van der Waals surface area contributed by atoms with Gasteiger partial charge in [-0.25, -0.2) is 4.79 Å². The number of nitrogens with one attached hydrogen (secondary N) is 3. The highest BCUT2D eigenvalue weighted by Crippen LogP contribution is 2.44. The number of carbonyl (C=O) groups excluding carboxylic acids is 3. The Bertz CT molecular complexity index is 1660. The molecule has 1 saturated carbocycles. The van der Waals surface area contributed by atoms with Gasteiger partial charge >= 0.3 is 11.9 Å². The predicted octanol–water partition coefficient (Wildman–Crippen LogP) is 5.15. The summed E-state index contributed by atoms with van der Waals surface area (Å²) in [7, 11) is 0. The fourth-order valence-corrected chi connectivity index (χ4v) is 5.68. The van der Waals surface area contributed by atoms with E-state index in [0.29, 0.717) is 35.3 Å². The van der Waals surface area contributed by atoms with E-state index in [9.17, 15) is 34.2 Å². The largest absolute Gasteiger partial charge is 0.481 e. The van der Waals surface area contributed by atoms with Crippen molar-refractivity contribution in [2.24, 2.45) is 5.41 Å². The third-order valence-electron chi connectivity index (χ3n) is 7.87. The molecule has 3 amide bonds. The van der Waals surface area contributed by atoms with Gasteiger partial charge in [0, 0.05) is 34.5 Å². The minimum atomic E-state index is -1.52. The molecule has 45 heavy (non-hydrogen) atoms. The van der Waals surface area contributed by atoms with Crippen molar-refractivity contribution < 1.29 is 34.2 Å². The van der Waals surface area contributed by atoms with E-state index in [1.54, 1.807) is 36.4 Å². The molecule has 1 aliphatic rings. The van der Waals surface area contributed by atoms with E-state index in [4.69, 9.17) is 0 Å². The molecule has 3 aromatic carbocycles. The van der Waals surface area contributed by atoms with E-state index in [0.717, 1.165) is 24.0 Å². The van der Waals surface area contributed by atoms with Gasteiger partial charge in [0.2, 0.25) is 5.91 Å². The number of rotatable bonds is 10. The van der Waals surface area contributed by atoms with Crippen LogP contribution < -0.4 is 16.0 Å². The lowest BCUT2D eigenvalue weighted by atomic mass is 9.79. The van der Waals surface area contributed by atoms with Gasteiger partial charge in [-0.05, 0) is 85.7 Å². The standard InChI is InChI=1S/C35H35N3O7/c1-22-7-5-8-23(2)31(22)33(43)37-26-14-11-24(12-15-26)13-16-28(34(44)45)38-32(42)25-9-6-10-27(19-25)36-29(39)20-35(21-30(40)41)17-3-4-18-35/h5-12,14-15,19,28H,3-4,17-18,20-21H2,1-2H3,(H,36,39)(H,37,43)(H,38,42)(H,40,41)(H,44,45). The maximum Gasteiger partial charge on any atom is 0.338 e. The lowest BCUT2D eigenvalue weighted by Gasteiger charge is -2.26. The topological polar surface area (TPSA) is 162 Å². The first-order valence-electron chi connectivity index (χ1n) is 14.6. The highest BCUT2D eigenvalue weighted by atomic mass is 16.4. The zero-order valence-corrected chi connectivity index (χ0v) is 25.1. The molecule has 1 aliphatic carbocycles. The first-order valence-corrected chi connectivity index (χ1v) is 14.6. The lowest BCUT2D eigenvalue weighted by molar-refractivity contribution is -0.140. The summed E-state index contributed by atoms with van der Waals surface area (Å²) in [5, 5.41) is 27.0. The molecule has 0 aliphatic heterocycles. The molecule has 232 valence electrons. The average molecular weight is 610 g/mol. The van der Waals surface area contributed by atoms with Crippen molar-refractivity contribution in [3.8, 4) is 11.8 Å². The van der Waals surface area contributed by atoms with Crippen LogP contribution in [0.5, 0.6) is 0 Å². The quantitative estimate of drug-likeness (QED) is 0.199. The Labute approximate surface area is 261 Å². The van der Waals surface area contributed by atoms with Crippen molar-refractivity contribution in [3.63, 3.8) is 0 Å². The van der Waals surface area contributed by atoms with Crippen molar-refractivity contribution in [1.82, 2.24) is 5.32 Å². The number of aryl methyl sites for hydroxylation is 2. The maximum atomic E-state index is 12.9. The van der Waals surface area contributed by atoms with Gasteiger partial charge in [-0.15, -0.1) is 0 Å². The molecule has 10 heteroatoms. The highest BCUT2D eigenvalue weighted by Gasteiger charge is 2.38. The van der Waals surface area contributed by atoms with Gasteiger partial charge in [-0.3, -0.25) is 19.2 Å². The van der Waals surface area contributed by atoms with Gasteiger partial charge in [0.15, 0.2) is 6.04 Å². The van der Waals surface area contributed by atoms with Gasteiger partial charge in [0.25, 0.3) is 11.8 Å². The number of aliphatic carboxylic acids is 2. The molecule has 0 spiro atoms. The fourth-order valence-electron chi connectivity index (χ4n) is 5.68. The molecule has 0 heterocycles. The second-order valence-electron chi connectivity index (χ2n) is 11.4. The smallest absolute Gasteiger partial charge is 0.338 e. The van der Waals surface area contributed by atoms with E-state index in [-0.39, 0.29) is 30.2 Å². The Morgan fingerprint density at radius 1 is 0.800 bits per heavy atom. The van der Waals surface area contributed by atoms with Gasteiger partial charge in [0.1, 0.15) is 0 Å². The molecule has 10 nitrogen and oxygen atoms in total. The zero-order valence-electron chi connectivity index (χ0n) is 25.1. The normalized spacial score (nSPS) is 13.9. The summed E-state index contributed by atoms with van der Waals surface area (Å²) in [6.07, 6.45) is 3.08. The number of anilines is 2. The van der Waals surface area contributed by atoms with Gasteiger partial charge in [-0.1, -0.05) is 48.9 Å². The number of carboxylic acids is 2. The number of carbonyl (C=O) groups is 5. The second-order valence-corrected chi connectivity index (χ2v) is 11.4. The minimum Gasteiger partial charge on any atom is -0.481 e. The van der Waals surface area contributed by atoms with Crippen LogP contribution >= 0.6 is 0 Å². The molecule has 3 aromatic rings. The monoisotopic (exact) mass is 609 g/mol. The number of carboxylic acid groups (broad SMARTS) is 2. The SMILES string of the molecule is Cc1cccc(C)c1C(=O)Nc1ccc(C#CC(NC(=O)c2cccc(NC(=O)CC3(CC(=O)O)CCCC3)c2)C(=O)O)cc1. The molecular weight excluding hydrogens is 574 g/mol. The fraction of sp³-hybridized carbons (Fsp3) is 0.286. The molecule has 1 fully saturated rings. The van der Waals surface area contributed by atoms with Crippen LogP contribution in [0.1, 0.15) is 75.9 Å². The zero-order chi connectivity index (χ0) is 32.6. The van der Waals surface area contributed by atoms with Crippen LogP contribution in [0.25, 0.3) is 0 Å². The van der Waals surface area contributed by atoms with Gasteiger partial charge < -0.3 is 26.2 Å². The number of amides is 3. The molecule has 5 N–H and O–H groups in total. The summed E-state index contributed by atoms with van der Waals surface area (Å²) >= 11 is 0. The third kappa shape index (κ3) is 8.80. The van der Waals surface area contributed by atoms with Gasteiger partial charge in [-0.2, -0.15) is 0 Å². The third-order valence-corrected chi connectivity index (χ3v) is 7.87. The van der Waals surface area contributed by atoms with Crippen LogP contribution in [-0.2, 0) is 14.4 Å². The molecule has 0 aromatic heterocycles. The van der Waals surface area contributed by atoms with Crippen LogP contribution in [0.15, 0.2) is 66.7 Å². The Morgan fingerprint density at radius 2 is 1.44 bits per heavy atom. The Balaban J connectivity index is 1.38. The molecule has 0 saturated heterocycles. The van der Waals surface area contributed by atoms with E-state index >= 15 is 0 Å². The van der Waals surface area contributed by atoms with Crippen molar-refractivity contribution in [1.29, 1.82) is 0 Å². The molecular formula is C35H35N3O7. The van der Waals surface area contributed by atoms with Crippen molar-refractivity contribution >= 4 is 41.0 Å². The van der Waals surface area contributed by atoms with Crippen LogP contribution in [0, 0.1) is 31.1 Å². The molecule has 1 unspecified atom stereocenters. The summed E-state index contributed by atoms with van der Waals surface area (Å²) in [5.41, 5.74) is 3.22. The van der Waals surface area contributed by atoms with E-state index in [2.05, 4.69) is 27.8 Å². The van der Waals surface area contributed by atoms with E-state index in [1.165, 1.54) is 12.1 Å². The summed E-state index contributed by atoms with van der Waals surface area (Å²) in [6, 6.07) is 16.7. The Morgan fingerprint density at radius 3 is 2.07 bits per heavy atom. The number of benzene rings is 3. The summed E-state index contributed by atoms with van der Waals surface area (Å²) < 4.78 is 0. The Hall–Kier alpha value is -5.43. The van der Waals surface area contributed by atoms with Crippen LogP contribution in [-0.4, -0.2) is 45.9 Å². The van der Waals surface area contributed by atoms with Crippen LogP contribution in [0.3, 0.4) is 0 Å². The summed E-state index contributed by atoms with van der Waals surface area (Å²) in [6.45, 7) is 3.73. The van der Waals surface area contributed by atoms with Crippen molar-refractivity contribution in [2.45, 2.75) is 58.4 Å². The molecule has 0 radical (unpaired) electrons. The summed E-state index contributed by atoms with van der Waals surface area (Å²) in [4.78, 5) is 61.7. The molecule has 0 bridgehead atoms. The van der Waals surface area contributed by atoms with Crippen LogP contribution in [0.4, 0.5) is 11.4 Å². The summed E-state index contributed by atoms with van der Waals surface area (Å²) in [5.74, 6) is 1.73. The molecule has 4 rings (SSSR count). The van der Waals surface area contributed by atoms with E-state index in [1.807, 2.05) is 32.0 Å². The second kappa shape index (κ2) is 14.4. The highest BCUT2D eigenvalue weighted by molar-refractivity contribution is 6.06. The first kappa shape index (κ1) is 32.5. The van der Waals surface area contributed by atoms with Gasteiger partial charge in [0.05, 0.1) is 6.42 Å². The van der Waals surface area contributed by atoms with E-state index < -0.39 is 29.3 Å². The Kier molecular flexibility index (Phi) is 10.4. The predicted molar refractivity (Wildman–Crippen MR) is 169 cm³/mol. The lowest BCUT2D eigenvalue weighted by Crippen LogP contribution is -2.39. The van der Waals surface area contributed by atoms with Crippen molar-refractivity contribution in [3.05, 3.63) is 94.5 Å². The first-order chi connectivity index (χ1) is 21.4. The van der Waals surface area contributed by atoms with Crippen LogP contribution in [0.2, 0.25) is 0 Å². The average Bonchev–Trinajstić information content (AvgIpc) is 3.42. The number of hydrogen-bond donors (Lipinski definition) is 5. The van der Waals surface area contributed by atoms with Crippen molar-refractivity contribution in [2.75, 3.05) is 10.6 Å². The minimum absolute atomic E-state index is 0.0616. The number of hydrogen-bond acceptors (Lipinski definition) is 5. The molecule has 1 atom stereocenters.